The molecule has 160 valence electrons. The maximum Gasteiger partial charge on any atom is 0.416 e. The number of amides is 1. The molecule has 0 N–H and O–H groups in total. The molecule has 0 bridgehead atoms. The lowest BCUT2D eigenvalue weighted by Crippen LogP contribution is -2.32. The first-order chi connectivity index (χ1) is 14.4. The van der Waals surface area contributed by atoms with Crippen molar-refractivity contribution in [3.8, 4) is 0 Å². The molecule has 0 unspecified atom stereocenters. The van der Waals surface area contributed by atoms with Crippen molar-refractivity contribution in [2.45, 2.75) is 25.7 Å². The number of hydrogen-bond acceptors (Lipinski definition) is 3. The van der Waals surface area contributed by atoms with Gasteiger partial charge < -0.3 is 18.6 Å². The number of methoxy groups -OCH3 is 1. The monoisotopic (exact) mass is 420 g/mol. The average Bonchev–Trinajstić information content (AvgIpc) is 3.39. The molecule has 0 aliphatic rings. The first-order valence-corrected chi connectivity index (χ1v) is 9.50. The predicted octanol–water partition coefficient (Wildman–Crippen LogP) is 4.83. The van der Waals surface area contributed by atoms with Crippen molar-refractivity contribution in [1.29, 1.82) is 0 Å². The molecule has 3 rings (SSSR count). The molecule has 0 spiro atoms. The van der Waals surface area contributed by atoms with E-state index in [1.54, 1.807) is 36.4 Å². The van der Waals surface area contributed by atoms with Gasteiger partial charge in [-0.3, -0.25) is 4.79 Å². The number of carbonyl (C=O) groups is 1. The molecule has 1 aromatic carbocycles. The van der Waals surface area contributed by atoms with Gasteiger partial charge in [-0.05, 0) is 48.4 Å². The molecule has 0 aliphatic carbocycles. The quantitative estimate of drug-likeness (QED) is 0.466. The van der Waals surface area contributed by atoms with Crippen LogP contribution in [-0.2, 0) is 24.0 Å². The van der Waals surface area contributed by atoms with Crippen LogP contribution in [0.25, 0.3) is 0 Å². The highest BCUT2D eigenvalue weighted by Crippen LogP contribution is 2.29. The zero-order valence-electron chi connectivity index (χ0n) is 16.6. The fourth-order valence-corrected chi connectivity index (χ4v) is 3.19. The fraction of sp³-hybridized carbons (Fsp3) is 0.318. The summed E-state index contributed by atoms with van der Waals surface area (Å²) in [5, 5.41) is 0. The van der Waals surface area contributed by atoms with Crippen LogP contribution >= 0.6 is 0 Å². The Kier molecular flexibility index (Phi) is 6.99. The molecule has 0 saturated heterocycles. The van der Waals surface area contributed by atoms with Crippen molar-refractivity contribution >= 4 is 5.91 Å². The van der Waals surface area contributed by atoms with Gasteiger partial charge in [0.1, 0.15) is 0 Å². The number of rotatable bonds is 9. The van der Waals surface area contributed by atoms with Crippen molar-refractivity contribution < 1.29 is 27.1 Å². The molecule has 1 amide bonds. The lowest BCUT2D eigenvalue weighted by Gasteiger charge is -2.23. The zero-order chi connectivity index (χ0) is 21.6. The Morgan fingerprint density at radius 3 is 2.70 bits per heavy atom. The Balaban J connectivity index is 1.77. The minimum atomic E-state index is -4.39. The van der Waals surface area contributed by atoms with Crippen LogP contribution in [0.5, 0.6) is 0 Å². The second kappa shape index (κ2) is 9.67. The van der Waals surface area contributed by atoms with Gasteiger partial charge in [-0.25, -0.2) is 0 Å². The molecule has 0 fully saturated rings. The smallest absolute Gasteiger partial charge is 0.416 e. The number of aromatic nitrogens is 1. The summed E-state index contributed by atoms with van der Waals surface area (Å²) in [6, 6.07) is 12.2. The van der Waals surface area contributed by atoms with Crippen LogP contribution in [0.1, 0.15) is 33.8 Å². The van der Waals surface area contributed by atoms with E-state index in [1.807, 2.05) is 16.7 Å². The normalized spacial score (nSPS) is 11.6. The first kappa shape index (κ1) is 21.7. The predicted molar refractivity (Wildman–Crippen MR) is 105 cm³/mol. The summed E-state index contributed by atoms with van der Waals surface area (Å²) in [7, 11) is 1.60. The SMILES string of the molecule is COCCCN(Cc1cccn1Cc1cccc(C(F)(F)F)c1)C(=O)c1ccco1. The third kappa shape index (κ3) is 5.54. The molecule has 8 heteroatoms. The number of ether oxygens (including phenoxy) is 1. The van der Waals surface area contributed by atoms with Gasteiger partial charge in [-0.2, -0.15) is 13.2 Å². The van der Waals surface area contributed by atoms with Gasteiger partial charge in [-0.15, -0.1) is 0 Å². The lowest BCUT2D eigenvalue weighted by atomic mass is 10.1. The van der Waals surface area contributed by atoms with Gasteiger partial charge in [0.2, 0.25) is 0 Å². The fourth-order valence-electron chi connectivity index (χ4n) is 3.19. The van der Waals surface area contributed by atoms with Crippen LogP contribution in [0.15, 0.2) is 65.4 Å². The third-order valence-corrected chi connectivity index (χ3v) is 4.68. The number of alkyl halides is 3. The summed E-state index contributed by atoms with van der Waals surface area (Å²) in [5.74, 6) is -0.00803. The van der Waals surface area contributed by atoms with E-state index in [4.69, 9.17) is 9.15 Å². The summed E-state index contributed by atoms with van der Waals surface area (Å²) < 4.78 is 51.2. The van der Waals surface area contributed by atoms with Gasteiger partial charge in [0.15, 0.2) is 5.76 Å². The van der Waals surface area contributed by atoms with Crippen LogP contribution in [0, 0.1) is 0 Å². The van der Waals surface area contributed by atoms with Crippen molar-refractivity contribution in [2.24, 2.45) is 0 Å². The Hall–Kier alpha value is -3.00. The van der Waals surface area contributed by atoms with E-state index >= 15 is 0 Å². The van der Waals surface area contributed by atoms with Gasteiger partial charge in [0, 0.05) is 38.7 Å². The zero-order valence-corrected chi connectivity index (χ0v) is 16.6. The first-order valence-electron chi connectivity index (χ1n) is 9.50. The summed E-state index contributed by atoms with van der Waals surface area (Å²) >= 11 is 0. The van der Waals surface area contributed by atoms with Crippen LogP contribution in [0.2, 0.25) is 0 Å². The van der Waals surface area contributed by atoms with Gasteiger partial charge >= 0.3 is 6.18 Å². The lowest BCUT2D eigenvalue weighted by molar-refractivity contribution is -0.137. The van der Waals surface area contributed by atoms with E-state index in [0.717, 1.165) is 17.8 Å². The highest BCUT2D eigenvalue weighted by atomic mass is 19.4. The second-order valence-electron chi connectivity index (χ2n) is 6.88. The Morgan fingerprint density at radius 2 is 2.00 bits per heavy atom. The maximum atomic E-state index is 13.0. The molecule has 2 aromatic heterocycles. The van der Waals surface area contributed by atoms with Crippen molar-refractivity contribution in [3.63, 3.8) is 0 Å². The minimum absolute atomic E-state index is 0.239. The Bertz CT molecular complexity index is 949. The second-order valence-corrected chi connectivity index (χ2v) is 6.88. The summed E-state index contributed by atoms with van der Waals surface area (Å²) in [6.07, 6.45) is -0.502. The Labute approximate surface area is 172 Å². The standard InChI is InChI=1S/C22H23F3N2O3/c1-29-12-5-11-27(21(28)20-9-4-13-30-20)16-19-8-3-10-26(19)15-17-6-2-7-18(14-17)22(23,24)25/h2-4,6-10,13-14H,5,11-12,15-16H2,1H3. The van der Waals surface area contributed by atoms with Crippen LogP contribution in [-0.4, -0.2) is 35.6 Å². The molecular weight excluding hydrogens is 397 g/mol. The molecule has 0 radical (unpaired) electrons. The average molecular weight is 420 g/mol. The number of benzene rings is 1. The number of halogens is 3. The van der Waals surface area contributed by atoms with Gasteiger partial charge in [0.25, 0.3) is 5.91 Å². The highest BCUT2D eigenvalue weighted by molar-refractivity contribution is 5.91. The molecule has 2 heterocycles. The van der Waals surface area contributed by atoms with E-state index in [9.17, 15) is 18.0 Å². The summed E-state index contributed by atoms with van der Waals surface area (Å²) in [5.41, 5.74) is 0.665. The van der Waals surface area contributed by atoms with Crippen molar-refractivity contribution in [1.82, 2.24) is 9.47 Å². The van der Waals surface area contributed by atoms with Crippen LogP contribution in [0.3, 0.4) is 0 Å². The molecule has 0 atom stereocenters. The molecule has 0 saturated carbocycles. The largest absolute Gasteiger partial charge is 0.459 e. The summed E-state index contributed by atoms with van der Waals surface area (Å²) in [6.45, 7) is 1.54. The molecule has 30 heavy (non-hydrogen) atoms. The number of hydrogen-bond donors (Lipinski definition) is 0. The topological polar surface area (TPSA) is 47.6 Å². The molecule has 5 nitrogen and oxygen atoms in total. The number of furan rings is 1. The molecule has 3 aromatic rings. The van der Waals surface area contributed by atoms with Crippen LogP contribution < -0.4 is 0 Å². The van der Waals surface area contributed by atoms with E-state index in [2.05, 4.69) is 0 Å². The molecular formula is C22H23F3N2O3. The summed E-state index contributed by atoms with van der Waals surface area (Å²) in [4.78, 5) is 14.5. The molecule has 0 aliphatic heterocycles. The Morgan fingerprint density at radius 1 is 1.17 bits per heavy atom. The number of carbonyl (C=O) groups excluding carboxylic acids is 1. The van der Waals surface area contributed by atoms with Crippen LogP contribution in [0.4, 0.5) is 13.2 Å². The van der Waals surface area contributed by atoms with E-state index in [1.165, 1.54) is 12.3 Å². The van der Waals surface area contributed by atoms with E-state index < -0.39 is 11.7 Å². The van der Waals surface area contributed by atoms with Gasteiger partial charge in [-0.1, -0.05) is 12.1 Å². The van der Waals surface area contributed by atoms with E-state index in [-0.39, 0.29) is 18.2 Å². The number of nitrogens with zero attached hydrogens (tertiary/aromatic N) is 2. The highest BCUT2D eigenvalue weighted by Gasteiger charge is 2.30. The van der Waals surface area contributed by atoms with Gasteiger partial charge in [0.05, 0.1) is 18.4 Å². The van der Waals surface area contributed by atoms with Crippen molar-refractivity contribution in [3.05, 3.63) is 83.6 Å². The third-order valence-electron chi connectivity index (χ3n) is 4.68. The minimum Gasteiger partial charge on any atom is -0.459 e. The van der Waals surface area contributed by atoms with E-state index in [0.29, 0.717) is 31.7 Å². The van der Waals surface area contributed by atoms with Crippen molar-refractivity contribution in [2.75, 3.05) is 20.3 Å². The maximum absolute atomic E-state index is 13.0.